The monoisotopic (exact) mass is 390 g/mol. The molecule has 1 aromatic heterocycles. The van der Waals surface area contributed by atoms with E-state index in [1.54, 1.807) is 0 Å². The van der Waals surface area contributed by atoms with Gasteiger partial charge in [0.05, 0.1) is 0 Å². The Morgan fingerprint density at radius 2 is 1.92 bits per heavy atom. The van der Waals surface area contributed by atoms with Gasteiger partial charge in [0, 0.05) is 22.9 Å². The molecular weight excluding hydrogens is 375 g/mol. The highest BCUT2D eigenvalue weighted by Crippen LogP contribution is 2.27. The molecule has 1 amide bonds. The molecule has 0 aliphatic carbocycles. The summed E-state index contributed by atoms with van der Waals surface area (Å²) in [7, 11) is 0. The van der Waals surface area contributed by atoms with E-state index in [1.807, 2.05) is 35.8 Å². The summed E-state index contributed by atoms with van der Waals surface area (Å²) in [6.07, 6.45) is 0. The van der Waals surface area contributed by atoms with Crippen LogP contribution in [0, 0.1) is 5.82 Å². The molecule has 8 heteroatoms. The number of hydrogen-bond donors (Lipinski definition) is 1. The van der Waals surface area contributed by atoms with E-state index in [2.05, 4.69) is 15.5 Å². The van der Waals surface area contributed by atoms with E-state index in [0.717, 1.165) is 5.56 Å². The molecule has 0 aliphatic rings. The van der Waals surface area contributed by atoms with Crippen LogP contribution < -0.4 is 5.32 Å². The molecule has 2 aromatic carbocycles. The molecule has 0 fully saturated rings. The molecule has 134 valence electrons. The fourth-order valence-electron chi connectivity index (χ4n) is 2.31. The number of amides is 1. The van der Waals surface area contributed by atoms with Crippen LogP contribution in [-0.2, 0) is 12.3 Å². The van der Waals surface area contributed by atoms with Crippen LogP contribution in [0.15, 0.2) is 53.7 Å². The molecule has 1 N–H and O–H groups in total. The maximum Gasteiger partial charge on any atom is 0.258 e. The van der Waals surface area contributed by atoms with E-state index in [-0.39, 0.29) is 5.91 Å². The van der Waals surface area contributed by atoms with E-state index in [4.69, 9.17) is 11.6 Å². The number of benzene rings is 2. The van der Waals surface area contributed by atoms with E-state index >= 15 is 0 Å². The summed E-state index contributed by atoms with van der Waals surface area (Å²) in [5.41, 5.74) is 1.35. The summed E-state index contributed by atoms with van der Waals surface area (Å²) >= 11 is 7.67. The van der Waals surface area contributed by atoms with Gasteiger partial charge in [-0.2, -0.15) is 0 Å². The molecule has 1 heterocycles. The molecule has 3 rings (SSSR count). The van der Waals surface area contributed by atoms with Gasteiger partial charge < -0.3 is 0 Å². The Kier molecular flexibility index (Phi) is 5.90. The first-order valence-electron chi connectivity index (χ1n) is 7.94. The van der Waals surface area contributed by atoms with Crippen molar-refractivity contribution >= 4 is 35.2 Å². The molecule has 0 saturated heterocycles. The first kappa shape index (κ1) is 18.4. The second kappa shape index (κ2) is 8.33. The standard InChI is InChI=1S/C18H16ClFN4OS/c1-2-24-17(21-16(25)12-7-9-14(20)10-8-12)22-23-18(24)26-11-13-5-3-4-6-15(13)19/h3-10H,2,11H2,1H3,(H,21,22,25). The third-order valence-corrected chi connectivity index (χ3v) is 5.06. The van der Waals surface area contributed by atoms with E-state index in [0.29, 0.717) is 34.0 Å². The summed E-state index contributed by atoms with van der Waals surface area (Å²) in [6.45, 7) is 2.54. The molecule has 0 saturated carbocycles. The zero-order chi connectivity index (χ0) is 18.5. The highest BCUT2D eigenvalue weighted by molar-refractivity contribution is 7.98. The highest BCUT2D eigenvalue weighted by Gasteiger charge is 2.15. The number of aromatic nitrogens is 3. The number of hydrogen-bond acceptors (Lipinski definition) is 4. The van der Waals surface area contributed by atoms with Gasteiger partial charge in [-0.25, -0.2) is 4.39 Å². The van der Waals surface area contributed by atoms with Crippen molar-refractivity contribution in [2.75, 3.05) is 5.32 Å². The van der Waals surface area contributed by atoms with Crippen molar-refractivity contribution < 1.29 is 9.18 Å². The molecule has 0 radical (unpaired) electrons. The summed E-state index contributed by atoms with van der Waals surface area (Å²) in [6, 6.07) is 12.9. The Morgan fingerprint density at radius 3 is 2.62 bits per heavy atom. The van der Waals surface area contributed by atoms with Crippen LogP contribution >= 0.6 is 23.4 Å². The van der Waals surface area contributed by atoms with E-state index in [9.17, 15) is 9.18 Å². The minimum absolute atomic E-state index is 0.349. The number of nitrogens with zero attached hydrogens (tertiary/aromatic N) is 3. The third-order valence-electron chi connectivity index (χ3n) is 3.68. The molecule has 5 nitrogen and oxygen atoms in total. The molecule has 0 atom stereocenters. The molecule has 0 unspecified atom stereocenters. The minimum Gasteiger partial charge on any atom is -0.290 e. The molecule has 0 aliphatic heterocycles. The average Bonchev–Trinajstić information content (AvgIpc) is 3.03. The van der Waals surface area contributed by atoms with Gasteiger partial charge in [-0.05, 0) is 42.8 Å². The Labute approximate surface area is 159 Å². The van der Waals surface area contributed by atoms with Crippen molar-refractivity contribution in [2.24, 2.45) is 0 Å². The van der Waals surface area contributed by atoms with E-state index in [1.165, 1.54) is 36.0 Å². The Morgan fingerprint density at radius 1 is 1.19 bits per heavy atom. The normalized spacial score (nSPS) is 10.7. The number of anilines is 1. The zero-order valence-electron chi connectivity index (χ0n) is 13.9. The second-order valence-electron chi connectivity index (χ2n) is 5.39. The smallest absolute Gasteiger partial charge is 0.258 e. The molecule has 3 aromatic rings. The number of rotatable bonds is 6. The summed E-state index contributed by atoms with van der Waals surface area (Å²) in [4.78, 5) is 12.3. The fourth-order valence-corrected chi connectivity index (χ4v) is 3.59. The van der Waals surface area contributed by atoms with Crippen molar-refractivity contribution in [3.8, 4) is 0 Å². The Balaban J connectivity index is 1.72. The van der Waals surface area contributed by atoms with Gasteiger partial charge in [-0.3, -0.25) is 14.7 Å². The van der Waals surface area contributed by atoms with Gasteiger partial charge in [0.25, 0.3) is 5.91 Å². The Bertz CT molecular complexity index is 914. The molecular formula is C18H16ClFN4OS. The van der Waals surface area contributed by atoms with Crippen LogP contribution in [0.25, 0.3) is 0 Å². The predicted molar refractivity (Wildman–Crippen MR) is 101 cm³/mol. The van der Waals surface area contributed by atoms with Gasteiger partial charge in [0.2, 0.25) is 5.95 Å². The number of carbonyl (C=O) groups is 1. The lowest BCUT2D eigenvalue weighted by molar-refractivity contribution is 0.102. The Hall–Kier alpha value is -2.38. The van der Waals surface area contributed by atoms with Crippen LogP contribution in [0.2, 0.25) is 5.02 Å². The quantitative estimate of drug-likeness (QED) is 0.623. The van der Waals surface area contributed by atoms with Crippen LogP contribution in [0.4, 0.5) is 10.3 Å². The topological polar surface area (TPSA) is 59.8 Å². The van der Waals surface area contributed by atoms with Gasteiger partial charge in [0.15, 0.2) is 5.16 Å². The lowest BCUT2D eigenvalue weighted by atomic mass is 10.2. The van der Waals surface area contributed by atoms with Crippen molar-refractivity contribution in [3.63, 3.8) is 0 Å². The van der Waals surface area contributed by atoms with Crippen LogP contribution in [0.5, 0.6) is 0 Å². The maximum atomic E-state index is 13.0. The number of nitrogens with one attached hydrogen (secondary N) is 1. The summed E-state index contributed by atoms with van der Waals surface area (Å²) < 4.78 is 14.8. The number of halogens is 2. The minimum atomic E-state index is -0.392. The zero-order valence-corrected chi connectivity index (χ0v) is 15.5. The van der Waals surface area contributed by atoms with Crippen LogP contribution in [-0.4, -0.2) is 20.7 Å². The first-order chi connectivity index (χ1) is 12.6. The second-order valence-corrected chi connectivity index (χ2v) is 6.74. The molecule has 26 heavy (non-hydrogen) atoms. The average molecular weight is 391 g/mol. The lowest BCUT2D eigenvalue weighted by Crippen LogP contribution is -2.16. The lowest BCUT2D eigenvalue weighted by Gasteiger charge is -2.09. The van der Waals surface area contributed by atoms with Gasteiger partial charge in [0.1, 0.15) is 5.82 Å². The third kappa shape index (κ3) is 4.23. The van der Waals surface area contributed by atoms with Crippen LogP contribution in [0.3, 0.4) is 0 Å². The number of carbonyl (C=O) groups excluding carboxylic acids is 1. The summed E-state index contributed by atoms with van der Waals surface area (Å²) in [5, 5.41) is 12.3. The molecule has 0 bridgehead atoms. The van der Waals surface area contributed by atoms with Crippen molar-refractivity contribution in [2.45, 2.75) is 24.4 Å². The first-order valence-corrected chi connectivity index (χ1v) is 9.31. The fraction of sp³-hybridized carbons (Fsp3) is 0.167. The van der Waals surface area contributed by atoms with Gasteiger partial charge in [-0.1, -0.05) is 41.6 Å². The predicted octanol–water partition coefficient (Wildman–Crippen LogP) is 4.64. The van der Waals surface area contributed by atoms with Crippen molar-refractivity contribution in [1.29, 1.82) is 0 Å². The molecule has 0 spiro atoms. The largest absolute Gasteiger partial charge is 0.290 e. The SMILES string of the molecule is CCn1c(NC(=O)c2ccc(F)cc2)nnc1SCc1ccccc1Cl. The van der Waals surface area contributed by atoms with Gasteiger partial charge in [-0.15, -0.1) is 10.2 Å². The highest BCUT2D eigenvalue weighted by atomic mass is 35.5. The van der Waals surface area contributed by atoms with E-state index < -0.39 is 5.82 Å². The van der Waals surface area contributed by atoms with Crippen LogP contribution in [0.1, 0.15) is 22.8 Å². The summed E-state index contributed by atoms with van der Waals surface area (Å²) in [5.74, 6) is 0.235. The number of thioether (sulfide) groups is 1. The maximum absolute atomic E-state index is 13.0. The van der Waals surface area contributed by atoms with Crippen molar-refractivity contribution in [1.82, 2.24) is 14.8 Å². The van der Waals surface area contributed by atoms with Crippen molar-refractivity contribution in [3.05, 3.63) is 70.5 Å². The van der Waals surface area contributed by atoms with Gasteiger partial charge >= 0.3 is 0 Å².